The summed E-state index contributed by atoms with van der Waals surface area (Å²) in [6.07, 6.45) is 1.91. The molecule has 0 aliphatic carbocycles. The van der Waals surface area contributed by atoms with E-state index in [0.29, 0.717) is 5.52 Å². The van der Waals surface area contributed by atoms with E-state index in [4.69, 9.17) is 0 Å². The van der Waals surface area contributed by atoms with Gasteiger partial charge in [0.2, 0.25) is 5.91 Å². The normalized spacial score (nSPS) is 19.6. The van der Waals surface area contributed by atoms with Gasteiger partial charge in [-0.15, -0.1) is 0 Å². The maximum Gasteiger partial charge on any atom is 0.220 e. The number of phenolic OH excluding ortho intramolecular Hbond substituents is 1. The molecule has 18 heavy (non-hydrogen) atoms. The largest absolute Gasteiger partial charge is 0.506 e. The van der Waals surface area contributed by atoms with Crippen molar-refractivity contribution >= 4 is 16.9 Å². The monoisotopic (exact) mass is 245 g/mol. The van der Waals surface area contributed by atoms with Crippen molar-refractivity contribution in [3.63, 3.8) is 0 Å². The van der Waals surface area contributed by atoms with Crippen LogP contribution in [0.2, 0.25) is 0 Å². The topological polar surface area (TPSA) is 69.2 Å². The Morgan fingerprint density at radius 2 is 2.39 bits per heavy atom. The Morgan fingerprint density at radius 1 is 1.56 bits per heavy atom. The quantitative estimate of drug-likeness (QED) is 0.806. The molecule has 2 N–H and O–H groups in total. The maximum absolute atomic E-state index is 11.5. The van der Waals surface area contributed by atoms with Crippen molar-refractivity contribution in [2.45, 2.75) is 25.8 Å². The number of nitrogens with zero attached hydrogens (tertiary/aromatic N) is 2. The summed E-state index contributed by atoms with van der Waals surface area (Å²) in [4.78, 5) is 21.0. The summed E-state index contributed by atoms with van der Waals surface area (Å²) in [5.74, 6) is 1.00. The van der Waals surface area contributed by atoms with Gasteiger partial charge in [-0.05, 0) is 25.0 Å². The highest BCUT2D eigenvalue weighted by Crippen LogP contribution is 2.32. The fraction of sp³-hybridized carbons (Fsp3) is 0.385. The Labute approximate surface area is 104 Å². The summed E-state index contributed by atoms with van der Waals surface area (Å²) >= 11 is 0. The lowest BCUT2D eigenvalue weighted by Crippen LogP contribution is -2.28. The van der Waals surface area contributed by atoms with E-state index in [2.05, 4.69) is 9.97 Å². The molecule has 5 nitrogen and oxygen atoms in total. The van der Waals surface area contributed by atoms with E-state index in [9.17, 15) is 9.90 Å². The lowest BCUT2D eigenvalue weighted by Gasteiger charge is -2.21. The molecule has 1 amide bonds. The Kier molecular flexibility index (Phi) is 2.47. The number of aromatic nitrogens is 2. The summed E-state index contributed by atoms with van der Waals surface area (Å²) in [6.45, 7) is 2.36. The third-order valence-electron chi connectivity index (χ3n) is 3.48. The van der Waals surface area contributed by atoms with Crippen molar-refractivity contribution in [1.82, 2.24) is 14.9 Å². The zero-order valence-electron chi connectivity index (χ0n) is 10.2. The number of imidazole rings is 1. The van der Waals surface area contributed by atoms with Gasteiger partial charge < -0.3 is 15.0 Å². The van der Waals surface area contributed by atoms with E-state index in [1.54, 1.807) is 19.1 Å². The zero-order valence-corrected chi connectivity index (χ0v) is 10.2. The van der Waals surface area contributed by atoms with Gasteiger partial charge in [-0.1, -0.05) is 6.07 Å². The molecule has 2 aromatic rings. The zero-order chi connectivity index (χ0) is 12.7. The minimum atomic E-state index is 0.00861. The van der Waals surface area contributed by atoms with Crippen LogP contribution in [0.3, 0.4) is 0 Å². The first kappa shape index (κ1) is 11.1. The van der Waals surface area contributed by atoms with E-state index < -0.39 is 0 Å². The maximum atomic E-state index is 11.5. The van der Waals surface area contributed by atoms with Crippen LogP contribution in [-0.4, -0.2) is 32.4 Å². The number of likely N-dealkylation sites (tertiary alicyclic amines) is 1. The van der Waals surface area contributed by atoms with Crippen molar-refractivity contribution in [3.8, 4) is 5.75 Å². The van der Waals surface area contributed by atoms with Crippen LogP contribution in [0.4, 0.5) is 0 Å². The van der Waals surface area contributed by atoms with Gasteiger partial charge in [-0.2, -0.15) is 0 Å². The first-order valence-electron chi connectivity index (χ1n) is 6.11. The highest BCUT2D eigenvalue weighted by Gasteiger charge is 2.30. The number of carbonyl (C=O) groups excluding carboxylic acids is 1. The van der Waals surface area contributed by atoms with Crippen LogP contribution in [0.5, 0.6) is 5.75 Å². The number of carbonyl (C=O) groups is 1. The van der Waals surface area contributed by atoms with Gasteiger partial charge in [0.05, 0.1) is 11.6 Å². The molecule has 1 fully saturated rings. The molecule has 5 heteroatoms. The second kappa shape index (κ2) is 4.01. The van der Waals surface area contributed by atoms with E-state index in [-0.39, 0.29) is 17.7 Å². The fourth-order valence-corrected chi connectivity index (χ4v) is 2.62. The third-order valence-corrected chi connectivity index (χ3v) is 3.48. The standard InChI is InChI=1S/C13H15N3O2/c1-8(17)16-7-3-5-10(16)13-14-9-4-2-6-11(18)12(9)15-13/h2,4,6,10,18H,3,5,7H2,1H3,(H,14,15)/t10-/m0/s1. The number of phenols is 1. The number of rotatable bonds is 1. The molecule has 3 rings (SSSR count). The van der Waals surface area contributed by atoms with Gasteiger partial charge in [-0.3, -0.25) is 4.79 Å². The minimum absolute atomic E-state index is 0.00861. The van der Waals surface area contributed by atoms with Crippen LogP contribution >= 0.6 is 0 Å². The van der Waals surface area contributed by atoms with Gasteiger partial charge in [0, 0.05) is 13.5 Å². The number of amides is 1. The van der Waals surface area contributed by atoms with Gasteiger partial charge >= 0.3 is 0 Å². The molecule has 0 saturated carbocycles. The number of para-hydroxylation sites is 1. The molecular weight excluding hydrogens is 230 g/mol. The molecule has 0 unspecified atom stereocenters. The average Bonchev–Trinajstić information content (AvgIpc) is 2.95. The lowest BCUT2D eigenvalue weighted by molar-refractivity contribution is -0.129. The molecule has 2 heterocycles. The van der Waals surface area contributed by atoms with E-state index in [1.165, 1.54) is 0 Å². The number of benzene rings is 1. The van der Waals surface area contributed by atoms with Crippen LogP contribution in [0, 0.1) is 0 Å². The molecule has 1 aliphatic rings. The molecular formula is C13H15N3O2. The molecule has 0 radical (unpaired) electrons. The minimum Gasteiger partial charge on any atom is -0.506 e. The number of nitrogens with one attached hydrogen (secondary N) is 1. The van der Waals surface area contributed by atoms with Crippen LogP contribution in [0.25, 0.3) is 11.0 Å². The van der Waals surface area contributed by atoms with Crippen LogP contribution in [0.1, 0.15) is 31.6 Å². The number of hydrogen-bond acceptors (Lipinski definition) is 3. The molecule has 1 aliphatic heterocycles. The number of hydrogen-bond donors (Lipinski definition) is 2. The predicted molar refractivity (Wildman–Crippen MR) is 67.1 cm³/mol. The molecule has 1 aromatic carbocycles. The first-order valence-corrected chi connectivity index (χ1v) is 6.11. The molecule has 1 aromatic heterocycles. The fourth-order valence-electron chi connectivity index (χ4n) is 2.62. The first-order chi connectivity index (χ1) is 8.66. The molecule has 94 valence electrons. The van der Waals surface area contributed by atoms with Crippen LogP contribution in [-0.2, 0) is 4.79 Å². The lowest BCUT2D eigenvalue weighted by atomic mass is 10.2. The Hall–Kier alpha value is -2.04. The van der Waals surface area contributed by atoms with Crippen LogP contribution < -0.4 is 0 Å². The molecule has 0 bridgehead atoms. The molecule has 1 atom stereocenters. The number of aromatic amines is 1. The van der Waals surface area contributed by atoms with Crippen molar-refractivity contribution in [2.24, 2.45) is 0 Å². The molecule has 1 saturated heterocycles. The van der Waals surface area contributed by atoms with Crippen molar-refractivity contribution in [1.29, 1.82) is 0 Å². The second-order valence-electron chi connectivity index (χ2n) is 4.67. The summed E-state index contributed by atoms with van der Waals surface area (Å²) < 4.78 is 0. The highest BCUT2D eigenvalue weighted by atomic mass is 16.3. The number of H-pyrrole nitrogens is 1. The third kappa shape index (κ3) is 1.63. The number of aromatic hydroxyl groups is 1. The number of fused-ring (bicyclic) bond motifs is 1. The summed E-state index contributed by atoms with van der Waals surface area (Å²) in [5.41, 5.74) is 1.38. The summed E-state index contributed by atoms with van der Waals surface area (Å²) in [6, 6.07) is 5.27. The van der Waals surface area contributed by atoms with E-state index in [0.717, 1.165) is 30.7 Å². The average molecular weight is 245 g/mol. The van der Waals surface area contributed by atoms with Crippen molar-refractivity contribution in [3.05, 3.63) is 24.0 Å². The predicted octanol–water partition coefficient (Wildman–Crippen LogP) is 1.95. The van der Waals surface area contributed by atoms with Gasteiger partial charge in [0.15, 0.2) is 0 Å². The summed E-state index contributed by atoms with van der Waals surface area (Å²) in [7, 11) is 0. The van der Waals surface area contributed by atoms with Crippen molar-refractivity contribution in [2.75, 3.05) is 6.54 Å². The smallest absolute Gasteiger partial charge is 0.220 e. The van der Waals surface area contributed by atoms with Gasteiger partial charge in [-0.25, -0.2) is 4.98 Å². The van der Waals surface area contributed by atoms with E-state index in [1.807, 2.05) is 11.0 Å². The molecule has 0 spiro atoms. The SMILES string of the molecule is CC(=O)N1CCC[C@H]1c1nc2c(O)cccc2[nH]1. The van der Waals surface area contributed by atoms with Crippen LogP contribution in [0.15, 0.2) is 18.2 Å². The Bertz CT molecular complexity index is 605. The summed E-state index contributed by atoms with van der Waals surface area (Å²) in [5, 5.41) is 9.74. The Morgan fingerprint density at radius 3 is 3.11 bits per heavy atom. The highest BCUT2D eigenvalue weighted by molar-refractivity contribution is 5.81. The second-order valence-corrected chi connectivity index (χ2v) is 4.67. The Balaban J connectivity index is 2.04. The van der Waals surface area contributed by atoms with Gasteiger partial charge in [0.1, 0.15) is 17.1 Å². The van der Waals surface area contributed by atoms with Gasteiger partial charge in [0.25, 0.3) is 0 Å². The van der Waals surface area contributed by atoms with Crippen molar-refractivity contribution < 1.29 is 9.90 Å². The van der Waals surface area contributed by atoms with E-state index >= 15 is 0 Å².